The molecule has 3 nitrogen and oxygen atoms in total. The Bertz CT molecular complexity index is 405. The number of hydrogen-bond acceptors (Lipinski definition) is 2. The zero-order chi connectivity index (χ0) is 13.0. The second-order valence-corrected chi connectivity index (χ2v) is 5.39. The number of benzene rings is 1. The second kappa shape index (κ2) is 6.21. The number of nitrogens with one attached hydrogen (secondary N) is 2. The molecule has 2 N–H and O–H groups in total. The van der Waals surface area contributed by atoms with Crippen LogP contribution in [0.25, 0.3) is 0 Å². The Morgan fingerprint density at radius 3 is 2.67 bits per heavy atom. The van der Waals surface area contributed by atoms with Gasteiger partial charge in [-0.15, -0.1) is 0 Å². The van der Waals surface area contributed by atoms with Crippen molar-refractivity contribution in [3.8, 4) is 0 Å². The Morgan fingerprint density at radius 1 is 1.33 bits per heavy atom. The monoisotopic (exact) mass is 266 g/mol. The van der Waals surface area contributed by atoms with Crippen molar-refractivity contribution < 1.29 is 4.79 Å². The van der Waals surface area contributed by atoms with Crippen LogP contribution >= 0.6 is 11.6 Å². The van der Waals surface area contributed by atoms with E-state index < -0.39 is 0 Å². The summed E-state index contributed by atoms with van der Waals surface area (Å²) < 4.78 is 0. The minimum Gasteiger partial charge on any atom is -0.325 e. The maximum Gasteiger partial charge on any atom is 0.238 e. The molecule has 0 saturated heterocycles. The SMILES string of the molecule is CC1CCCC1NCC(=O)Nc1ccc(Cl)cc1. The number of rotatable bonds is 4. The number of halogens is 1. The highest BCUT2D eigenvalue weighted by molar-refractivity contribution is 6.30. The molecule has 4 heteroatoms. The third kappa shape index (κ3) is 3.72. The van der Waals surface area contributed by atoms with E-state index in [-0.39, 0.29) is 5.91 Å². The van der Waals surface area contributed by atoms with Crippen molar-refractivity contribution >= 4 is 23.2 Å². The van der Waals surface area contributed by atoms with Gasteiger partial charge < -0.3 is 10.6 Å². The minimum atomic E-state index is -0.00331. The van der Waals surface area contributed by atoms with Crippen LogP contribution in [0.3, 0.4) is 0 Å². The summed E-state index contributed by atoms with van der Waals surface area (Å²) in [4.78, 5) is 11.8. The second-order valence-electron chi connectivity index (χ2n) is 4.95. The van der Waals surface area contributed by atoms with Gasteiger partial charge in [0.15, 0.2) is 0 Å². The van der Waals surface area contributed by atoms with E-state index in [0.717, 1.165) is 5.69 Å². The first-order valence-corrected chi connectivity index (χ1v) is 6.82. The fourth-order valence-electron chi connectivity index (χ4n) is 2.41. The Hall–Kier alpha value is -1.06. The highest BCUT2D eigenvalue weighted by Crippen LogP contribution is 2.24. The molecular formula is C14H19ClN2O. The van der Waals surface area contributed by atoms with Crippen LogP contribution < -0.4 is 10.6 Å². The Morgan fingerprint density at radius 2 is 2.06 bits per heavy atom. The van der Waals surface area contributed by atoms with Crippen LogP contribution in [0.4, 0.5) is 5.69 Å². The first-order chi connectivity index (χ1) is 8.65. The molecule has 98 valence electrons. The molecule has 1 aromatic rings. The van der Waals surface area contributed by atoms with Crippen molar-refractivity contribution in [2.75, 3.05) is 11.9 Å². The highest BCUT2D eigenvalue weighted by atomic mass is 35.5. The van der Waals surface area contributed by atoms with Crippen LogP contribution in [0, 0.1) is 5.92 Å². The number of carbonyl (C=O) groups is 1. The van der Waals surface area contributed by atoms with Crippen LogP contribution in [0.2, 0.25) is 5.02 Å². The summed E-state index contributed by atoms with van der Waals surface area (Å²) in [5.74, 6) is 0.671. The van der Waals surface area contributed by atoms with Gasteiger partial charge in [-0.2, -0.15) is 0 Å². The largest absolute Gasteiger partial charge is 0.325 e. The van der Waals surface area contributed by atoms with E-state index in [4.69, 9.17) is 11.6 Å². The van der Waals surface area contributed by atoms with Gasteiger partial charge >= 0.3 is 0 Å². The Labute approximate surface area is 113 Å². The van der Waals surface area contributed by atoms with E-state index >= 15 is 0 Å². The Balaban J connectivity index is 1.76. The van der Waals surface area contributed by atoms with Gasteiger partial charge in [-0.1, -0.05) is 24.9 Å². The molecule has 1 fully saturated rings. The van der Waals surface area contributed by atoms with Gasteiger partial charge in [0.1, 0.15) is 0 Å². The van der Waals surface area contributed by atoms with E-state index in [0.29, 0.717) is 23.5 Å². The van der Waals surface area contributed by atoms with E-state index in [9.17, 15) is 4.79 Å². The van der Waals surface area contributed by atoms with Crippen LogP contribution in [0.1, 0.15) is 26.2 Å². The summed E-state index contributed by atoms with van der Waals surface area (Å²) in [7, 11) is 0. The van der Waals surface area contributed by atoms with Gasteiger partial charge in [0.2, 0.25) is 5.91 Å². The molecule has 1 aromatic carbocycles. The molecule has 0 aromatic heterocycles. The molecule has 0 radical (unpaired) electrons. The standard InChI is InChI=1S/C14H19ClN2O/c1-10-3-2-4-13(10)16-9-14(18)17-12-7-5-11(15)6-8-12/h5-8,10,13,16H,2-4,9H2,1H3,(H,17,18). The van der Waals surface area contributed by atoms with Gasteiger partial charge in [0, 0.05) is 16.8 Å². The fraction of sp³-hybridized carbons (Fsp3) is 0.500. The maximum absolute atomic E-state index is 11.8. The van der Waals surface area contributed by atoms with Gasteiger partial charge in [-0.3, -0.25) is 4.79 Å². The zero-order valence-corrected chi connectivity index (χ0v) is 11.3. The van der Waals surface area contributed by atoms with E-state index in [1.165, 1.54) is 19.3 Å². The molecule has 2 atom stereocenters. The molecule has 0 bridgehead atoms. The highest BCUT2D eigenvalue weighted by Gasteiger charge is 2.23. The summed E-state index contributed by atoms with van der Waals surface area (Å²) in [6.45, 7) is 2.61. The van der Waals surface area contributed by atoms with Crippen molar-refractivity contribution in [3.63, 3.8) is 0 Å². The molecule has 1 aliphatic carbocycles. The van der Waals surface area contributed by atoms with Crippen LogP contribution in [-0.2, 0) is 4.79 Å². The normalized spacial score (nSPS) is 23.0. The van der Waals surface area contributed by atoms with E-state index in [1.54, 1.807) is 24.3 Å². The smallest absolute Gasteiger partial charge is 0.238 e. The lowest BCUT2D eigenvalue weighted by Crippen LogP contribution is -2.37. The topological polar surface area (TPSA) is 41.1 Å². The summed E-state index contributed by atoms with van der Waals surface area (Å²) in [5, 5.41) is 6.84. The molecule has 0 aliphatic heterocycles. The molecule has 0 heterocycles. The van der Waals surface area contributed by atoms with Gasteiger partial charge in [0.25, 0.3) is 0 Å². The lowest BCUT2D eigenvalue weighted by atomic mass is 10.1. The van der Waals surface area contributed by atoms with Crippen molar-refractivity contribution in [2.45, 2.75) is 32.2 Å². The summed E-state index contributed by atoms with van der Waals surface area (Å²) in [6.07, 6.45) is 3.70. The fourth-order valence-corrected chi connectivity index (χ4v) is 2.54. The summed E-state index contributed by atoms with van der Waals surface area (Å²) >= 11 is 5.79. The van der Waals surface area contributed by atoms with Crippen molar-refractivity contribution in [2.24, 2.45) is 5.92 Å². The van der Waals surface area contributed by atoms with E-state index in [1.807, 2.05) is 0 Å². The van der Waals surface area contributed by atoms with Crippen molar-refractivity contribution in [1.29, 1.82) is 0 Å². The Kier molecular flexibility index (Phi) is 4.61. The molecule has 2 unspecified atom stereocenters. The molecule has 1 amide bonds. The van der Waals surface area contributed by atoms with Crippen molar-refractivity contribution in [1.82, 2.24) is 5.32 Å². The van der Waals surface area contributed by atoms with Crippen molar-refractivity contribution in [3.05, 3.63) is 29.3 Å². The molecular weight excluding hydrogens is 248 g/mol. The number of anilines is 1. The lowest BCUT2D eigenvalue weighted by Gasteiger charge is -2.16. The first kappa shape index (κ1) is 13.4. The van der Waals surface area contributed by atoms with Gasteiger partial charge in [-0.05, 0) is 43.0 Å². The third-order valence-corrected chi connectivity index (χ3v) is 3.77. The zero-order valence-electron chi connectivity index (χ0n) is 10.6. The van der Waals surface area contributed by atoms with Crippen LogP contribution in [0.5, 0.6) is 0 Å². The molecule has 0 spiro atoms. The quantitative estimate of drug-likeness (QED) is 0.879. The molecule has 18 heavy (non-hydrogen) atoms. The third-order valence-electron chi connectivity index (χ3n) is 3.51. The predicted molar refractivity (Wildman–Crippen MR) is 74.9 cm³/mol. The van der Waals surface area contributed by atoms with E-state index in [2.05, 4.69) is 17.6 Å². The van der Waals surface area contributed by atoms with Gasteiger partial charge in [0.05, 0.1) is 6.54 Å². The average molecular weight is 267 g/mol. The lowest BCUT2D eigenvalue weighted by molar-refractivity contribution is -0.115. The summed E-state index contributed by atoms with van der Waals surface area (Å²) in [5.41, 5.74) is 0.783. The molecule has 1 saturated carbocycles. The molecule has 2 rings (SSSR count). The van der Waals surface area contributed by atoms with Crippen LogP contribution in [0.15, 0.2) is 24.3 Å². The number of carbonyl (C=O) groups excluding carboxylic acids is 1. The predicted octanol–water partition coefficient (Wildman–Crippen LogP) is 3.06. The first-order valence-electron chi connectivity index (χ1n) is 6.44. The summed E-state index contributed by atoms with van der Waals surface area (Å²) in [6, 6.07) is 7.63. The molecule has 1 aliphatic rings. The maximum atomic E-state index is 11.8. The number of amides is 1. The minimum absolute atomic E-state index is 0.00331. The number of hydrogen-bond donors (Lipinski definition) is 2. The average Bonchev–Trinajstić information content (AvgIpc) is 2.75. The van der Waals surface area contributed by atoms with Gasteiger partial charge in [-0.25, -0.2) is 0 Å². The van der Waals surface area contributed by atoms with Crippen LogP contribution in [-0.4, -0.2) is 18.5 Å².